The highest BCUT2D eigenvalue weighted by atomic mass is 32.1. The molecule has 164 valence electrons. The largest absolute Gasteiger partial charge is 0.493 e. The number of para-hydroxylation sites is 1. The Bertz CT molecular complexity index is 1070. The second kappa shape index (κ2) is 11.0. The maximum absolute atomic E-state index is 11.7. The van der Waals surface area contributed by atoms with Crippen molar-refractivity contribution in [1.82, 2.24) is 9.88 Å². The lowest BCUT2D eigenvalue weighted by Crippen LogP contribution is -2.24. The summed E-state index contributed by atoms with van der Waals surface area (Å²) in [6, 6.07) is 7.87. The molecule has 1 aliphatic heterocycles. The minimum Gasteiger partial charge on any atom is -0.493 e. The van der Waals surface area contributed by atoms with Gasteiger partial charge in [0.1, 0.15) is 0 Å². The van der Waals surface area contributed by atoms with Gasteiger partial charge in [0.2, 0.25) is 11.8 Å². The number of carbonyl (C=O) groups excluding carboxylic acids is 1. The van der Waals surface area contributed by atoms with Crippen LogP contribution in [0.1, 0.15) is 49.0 Å². The predicted octanol–water partition coefficient (Wildman–Crippen LogP) is 4.78. The molecular formula is C22H25N3O4S2. The molecule has 1 aromatic carbocycles. The number of carboxylic acids is 1. The van der Waals surface area contributed by atoms with Gasteiger partial charge in [-0.05, 0) is 43.6 Å². The van der Waals surface area contributed by atoms with Crippen LogP contribution in [0.4, 0.5) is 5.69 Å². The number of amides is 1. The Kier molecular flexibility index (Phi) is 8.13. The van der Waals surface area contributed by atoms with Gasteiger partial charge >= 0.3 is 5.97 Å². The Balaban J connectivity index is 1.46. The number of fused-ring (bicyclic) bond motifs is 1. The number of hydrogen-bond donors (Lipinski definition) is 3. The van der Waals surface area contributed by atoms with Gasteiger partial charge < -0.3 is 15.5 Å². The molecule has 0 aliphatic carbocycles. The van der Waals surface area contributed by atoms with Gasteiger partial charge in [0.25, 0.3) is 0 Å². The molecule has 1 aromatic heterocycles. The molecule has 1 amide bonds. The first kappa shape index (κ1) is 22.9. The Morgan fingerprint density at radius 2 is 1.97 bits per heavy atom. The Morgan fingerprint density at radius 1 is 1.16 bits per heavy atom. The first-order chi connectivity index (χ1) is 15.0. The quantitative estimate of drug-likeness (QED) is 0.331. The van der Waals surface area contributed by atoms with Gasteiger partial charge in [0, 0.05) is 43.3 Å². The molecule has 31 heavy (non-hydrogen) atoms. The SMILES string of the molecule is O=C(O)CCCNC(=O)CCCCCn1c(O)c(/C=C2/C=Nc3ccccc32)sc1=S. The summed E-state index contributed by atoms with van der Waals surface area (Å²) in [6.45, 7) is 0.978. The van der Waals surface area contributed by atoms with Crippen molar-refractivity contribution >= 4 is 59.0 Å². The molecule has 2 heterocycles. The summed E-state index contributed by atoms with van der Waals surface area (Å²) in [5, 5.41) is 21.9. The second-order valence-electron chi connectivity index (χ2n) is 7.24. The monoisotopic (exact) mass is 459 g/mol. The number of nitrogens with one attached hydrogen (secondary N) is 1. The van der Waals surface area contributed by atoms with Gasteiger partial charge in [0.15, 0.2) is 3.95 Å². The zero-order valence-corrected chi connectivity index (χ0v) is 18.7. The maximum Gasteiger partial charge on any atom is 0.303 e. The molecule has 0 unspecified atom stereocenters. The smallest absolute Gasteiger partial charge is 0.303 e. The molecule has 1 aliphatic rings. The normalized spacial score (nSPS) is 13.5. The Morgan fingerprint density at radius 3 is 2.77 bits per heavy atom. The number of benzene rings is 1. The van der Waals surface area contributed by atoms with Crippen molar-refractivity contribution < 1.29 is 19.8 Å². The molecule has 3 N–H and O–H groups in total. The summed E-state index contributed by atoms with van der Waals surface area (Å²) < 4.78 is 2.35. The van der Waals surface area contributed by atoms with Crippen LogP contribution in [0.3, 0.4) is 0 Å². The number of thiazole rings is 1. The van der Waals surface area contributed by atoms with Crippen molar-refractivity contribution in [3.63, 3.8) is 0 Å². The summed E-state index contributed by atoms with van der Waals surface area (Å²) in [5.41, 5.74) is 2.90. The maximum atomic E-state index is 11.7. The Labute approximate surface area is 189 Å². The summed E-state index contributed by atoms with van der Waals surface area (Å²) in [7, 11) is 0. The van der Waals surface area contributed by atoms with E-state index in [1.807, 2.05) is 30.3 Å². The van der Waals surface area contributed by atoms with E-state index in [0.717, 1.165) is 36.1 Å². The highest BCUT2D eigenvalue weighted by Crippen LogP contribution is 2.35. The lowest BCUT2D eigenvalue weighted by atomic mass is 10.1. The van der Waals surface area contributed by atoms with Crippen LogP contribution < -0.4 is 5.32 Å². The van der Waals surface area contributed by atoms with E-state index in [2.05, 4.69) is 10.3 Å². The summed E-state index contributed by atoms with van der Waals surface area (Å²) in [4.78, 5) is 27.3. The van der Waals surface area contributed by atoms with Crippen molar-refractivity contribution in [1.29, 1.82) is 0 Å². The number of aliphatic carboxylic acids is 1. The highest BCUT2D eigenvalue weighted by molar-refractivity contribution is 7.73. The number of aliphatic imine (C=N–C) groups is 1. The highest BCUT2D eigenvalue weighted by Gasteiger charge is 2.15. The van der Waals surface area contributed by atoms with Crippen molar-refractivity contribution in [2.24, 2.45) is 4.99 Å². The molecule has 3 rings (SSSR count). The molecule has 0 radical (unpaired) electrons. The van der Waals surface area contributed by atoms with E-state index >= 15 is 0 Å². The first-order valence-corrected chi connectivity index (χ1v) is 11.4. The lowest BCUT2D eigenvalue weighted by molar-refractivity contribution is -0.137. The van der Waals surface area contributed by atoms with E-state index < -0.39 is 5.97 Å². The number of hydrogen-bond acceptors (Lipinski definition) is 6. The van der Waals surface area contributed by atoms with Crippen molar-refractivity contribution in [3.8, 4) is 5.88 Å². The van der Waals surface area contributed by atoms with Crippen LogP contribution in [0, 0.1) is 3.95 Å². The van der Waals surface area contributed by atoms with Crippen LogP contribution in [0.15, 0.2) is 29.3 Å². The van der Waals surface area contributed by atoms with Crippen molar-refractivity contribution in [3.05, 3.63) is 38.7 Å². The zero-order valence-electron chi connectivity index (χ0n) is 17.0. The molecule has 0 spiro atoms. The summed E-state index contributed by atoms with van der Waals surface area (Å²) >= 11 is 6.80. The number of carbonyl (C=O) groups is 2. The molecule has 0 fully saturated rings. The fraction of sp³-hybridized carbons (Fsp3) is 0.364. The van der Waals surface area contributed by atoms with Crippen molar-refractivity contribution in [2.45, 2.75) is 45.1 Å². The molecule has 7 nitrogen and oxygen atoms in total. The van der Waals surface area contributed by atoms with Crippen LogP contribution >= 0.6 is 23.6 Å². The minimum absolute atomic E-state index is 0.0586. The number of nitrogens with zero attached hydrogens (tertiary/aromatic N) is 2. The van der Waals surface area contributed by atoms with E-state index in [-0.39, 0.29) is 18.2 Å². The van der Waals surface area contributed by atoms with Gasteiger partial charge in [-0.2, -0.15) is 0 Å². The van der Waals surface area contributed by atoms with Gasteiger partial charge in [-0.1, -0.05) is 24.6 Å². The van der Waals surface area contributed by atoms with Gasteiger partial charge in [-0.3, -0.25) is 19.1 Å². The van der Waals surface area contributed by atoms with E-state index in [1.54, 1.807) is 10.8 Å². The fourth-order valence-electron chi connectivity index (χ4n) is 3.29. The molecule has 0 saturated heterocycles. The van der Waals surface area contributed by atoms with Gasteiger partial charge in [-0.25, -0.2) is 0 Å². The van der Waals surface area contributed by atoms with Crippen LogP contribution in [0.25, 0.3) is 11.6 Å². The number of rotatable bonds is 11. The second-order valence-corrected chi connectivity index (χ2v) is 8.92. The summed E-state index contributed by atoms with van der Waals surface area (Å²) in [5.74, 6) is -0.755. The fourth-order valence-corrected chi connectivity index (χ4v) is 4.60. The lowest BCUT2D eigenvalue weighted by Gasteiger charge is -2.06. The molecular weight excluding hydrogens is 434 g/mol. The van der Waals surface area contributed by atoms with Crippen molar-refractivity contribution in [2.75, 3.05) is 6.54 Å². The van der Waals surface area contributed by atoms with Gasteiger partial charge in [-0.15, -0.1) is 11.3 Å². The number of aromatic nitrogens is 1. The number of allylic oxidation sites excluding steroid dienone is 1. The van der Waals surface area contributed by atoms with Gasteiger partial charge in [0.05, 0.1) is 10.6 Å². The van der Waals surface area contributed by atoms with Crippen LogP contribution in [0.2, 0.25) is 0 Å². The third-order valence-corrected chi connectivity index (χ3v) is 6.30. The Hall–Kier alpha value is -2.78. The van der Waals surface area contributed by atoms with E-state index in [0.29, 0.717) is 34.8 Å². The van der Waals surface area contributed by atoms with E-state index in [9.17, 15) is 14.7 Å². The molecule has 2 aromatic rings. The zero-order chi connectivity index (χ0) is 22.2. The molecule has 0 bridgehead atoms. The van der Waals surface area contributed by atoms with Crippen LogP contribution in [0.5, 0.6) is 5.88 Å². The standard InChI is InChI=1S/C22H25N3O4S2/c26-19(23-11-6-10-20(27)28)9-2-1-5-12-25-21(29)18(31-22(25)30)13-15-14-24-17-8-4-3-7-16(15)17/h3-4,7-8,13-14,29H,1-2,5-6,9-12H2,(H,23,26)(H,27,28)/b15-13-. The average molecular weight is 460 g/mol. The van der Waals surface area contributed by atoms with E-state index in [1.165, 1.54) is 11.3 Å². The molecule has 0 saturated carbocycles. The third kappa shape index (κ3) is 6.35. The number of carboxylic acid groups (broad SMARTS) is 1. The van der Waals surface area contributed by atoms with Crippen LogP contribution in [-0.2, 0) is 16.1 Å². The third-order valence-electron chi connectivity index (χ3n) is 4.91. The van der Waals surface area contributed by atoms with Crippen LogP contribution in [-0.4, -0.2) is 39.4 Å². The minimum atomic E-state index is -0.856. The number of unbranched alkanes of at least 4 members (excludes halogenated alkanes) is 2. The predicted molar refractivity (Wildman–Crippen MR) is 126 cm³/mol. The first-order valence-electron chi connectivity index (χ1n) is 10.2. The average Bonchev–Trinajstić information content (AvgIpc) is 3.26. The topological polar surface area (TPSA) is 104 Å². The number of aromatic hydroxyl groups is 1. The summed E-state index contributed by atoms with van der Waals surface area (Å²) in [6.07, 6.45) is 6.97. The van der Waals surface area contributed by atoms with E-state index in [4.69, 9.17) is 17.3 Å². The molecule has 9 heteroatoms. The molecule has 0 atom stereocenters.